The molecule has 1 N–H and O–H groups in total. The van der Waals surface area contributed by atoms with Crippen molar-refractivity contribution in [3.63, 3.8) is 0 Å². The maximum atomic E-state index is 12.5. The first-order chi connectivity index (χ1) is 15.8. The molecule has 2 aliphatic heterocycles. The maximum Gasteiger partial charge on any atom is 0.408 e. The molecular weight excluding hydrogens is 428 g/mol. The standard InChI is InChI=1S/C24H30N2O7/c1-4-30-19(28)12-25-23(29)32-18-8-6-15-16-11-14-5-7-17(31-13(2)27)21-20(14)24(15,22(18)33-21)9-10-26(16)3/h5,7,15-16,18,22H,4,6,8-12H2,1-3H3,(H,25,29)/t15-,16+,18?,22?,24-/m0/s1. The Morgan fingerprint density at radius 1 is 1.27 bits per heavy atom. The van der Waals surface area contributed by atoms with Gasteiger partial charge in [0, 0.05) is 23.9 Å². The second-order valence-corrected chi connectivity index (χ2v) is 9.39. The molecule has 5 atom stereocenters. The van der Waals surface area contributed by atoms with Crippen LogP contribution in [0.25, 0.3) is 0 Å². The minimum Gasteiger partial charge on any atom is -0.481 e. The Labute approximate surface area is 192 Å². The average molecular weight is 459 g/mol. The molecule has 2 bridgehead atoms. The van der Waals surface area contributed by atoms with Gasteiger partial charge in [-0.1, -0.05) is 6.07 Å². The minimum absolute atomic E-state index is 0.244. The number of benzene rings is 1. The van der Waals surface area contributed by atoms with Crippen LogP contribution >= 0.6 is 0 Å². The number of piperidine rings is 1. The van der Waals surface area contributed by atoms with Gasteiger partial charge >= 0.3 is 18.0 Å². The molecule has 2 aliphatic carbocycles. The van der Waals surface area contributed by atoms with E-state index in [1.54, 1.807) is 6.92 Å². The van der Waals surface area contributed by atoms with E-state index >= 15 is 0 Å². The smallest absolute Gasteiger partial charge is 0.408 e. The topological polar surface area (TPSA) is 103 Å². The van der Waals surface area contributed by atoms with Gasteiger partial charge in [0.25, 0.3) is 0 Å². The fourth-order valence-corrected chi connectivity index (χ4v) is 6.57. The third kappa shape index (κ3) is 3.44. The lowest BCUT2D eigenvalue weighted by Crippen LogP contribution is -2.66. The lowest BCUT2D eigenvalue weighted by molar-refractivity contribution is -0.142. The number of rotatable bonds is 5. The largest absolute Gasteiger partial charge is 0.481 e. The molecule has 2 unspecified atom stereocenters. The number of nitrogens with zero attached hydrogens (tertiary/aromatic N) is 1. The van der Waals surface area contributed by atoms with Crippen LogP contribution in [0.5, 0.6) is 11.5 Å². The van der Waals surface area contributed by atoms with Gasteiger partial charge in [-0.2, -0.15) is 0 Å². The van der Waals surface area contributed by atoms with E-state index in [1.807, 2.05) is 12.1 Å². The molecular formula is C24H30N2O7. The lowest BCUT2D eigenvalue weighted by Gasteiger charge is -2.58. The van der Waals surface area contributed by atoms with Crippen molar-refractivity contribution in [1.82, 2.24) is 10.2 Å². The molecule has 5 rings (SSSR count). The summed E-state index contributed by atoms with van der Waals surface area (Å²) < 4.78 is 22.7. The maximum absolute atomic E-state index is 12.5. The molecule has 1 spiro atoms. The monoisotopic (exact) mass is 458 g/mol. The highest BCUT2D eigenvalue weighted by Crippen LogP contribution is 2.64. The predicted octanol–water partition coefficient (Wildman–Crippen LogP) is 1.94. The molecule has 1 aromatic rings. The second kappa shape index (κ2) is 8.20. The van der Waals surface area contributed by atoms with Crippen LogP contribution in [0.4, 0.5) is 4.79 Å². The second-order valence-electron chi connectivity index (χ2n) is 9.39. The van der Waals surface area contributed by atoms with Crippen LogP contribution in [0.2, 0.25) is 0 Å². The Bertz CT molecular complexity index is 995. The van der Waals surface area contributed by atoms with E-state index in [0.29, 0.717) is 29.9 Å². The van der Waals surface area contributed by atoms with Crippen molar-refractivity contribution in [2.24, 2.45) is 5.92 Å². The van der Waals surface area contributed by atoms with Crippen molar-refractivity contribution in [1.29, 1.82) is 0 Å². The van der Waals surface area contributed by atoms with Gasteiger partial charge in [0.1, 0.15) is 18.8 Å². The van der Waals surface area contributed by atoms with Crippen LogP contribution in [0, 0.1) is 5.92 Å². The summed E-state index contributed by atoms with van der Waals surface area (Å²) in [5.41, 5.74) is 2.05. The Kier molecular flexibility index (Phi) is 5.47. The number of esters is 2. The van der Waals surface area contributed by atoms with E-state index in [9.17, 15) is 14.4 Å². The summed E-state index contributed by atoms with van der Waals surface area (Å²) in [5.74, 6) is 0.490. The molecule has 9 nitrogen and oxygen atoms in total. The number of hydrogen-bond acceptors (Lipinski definition) is 8. The summed E-state index contributed by atoms with van der Waals surface area (Å²) >= 11 is 0. The highest BCUT2D eigenvalue weighted by atomic mass is 16.6. The summed E-state index contributed by atoms with van der Waals surface area (Å²) in [5, 5.41) is 2.48. The molecule has 0 aromatic heterocycles. The molecule has 178 valence electrons. The molecule has 33 heavy (non-hydrogen) atoms. The summed E-state index contributed by atoms with van der Waals surface area (Å²) in [4.78, 5) is 38.3. The quantitative estimate of drug-likeness (QED) is 0.528. The van der Waals surface area contributed by atoms with Gasteiger partial charge in [0.15, 0.2) is 11.5 Å². The highest BCUT2D eigenvalue weighted by Gasteiger charge is 2.66. The summed E-state index contributed by atoms with van der Waals surface area (Å²) in [6.07, 6.45) is 1.86. The number of amides is 1. The van der Waals surface area contributed by atoms with Crippen molar-refractivity contribution in [2.75, 3.05) is 26.7 Å². The van der Waals surface area contributed by atoms with E-state index in [2.05, 4.69) is 17.3 Å². The van der Waals surface area contributed by atoms with Gasteiger partial charge in [-0.3, -0.25) is 9.59 Å². The van der Waals surface area contributed by atoms with Crippen molar-refractivity contribution >= 4 is 18.0 Å². The molecule has 1 saturated carbocycles. The predicted molar refractivity (Wildman–Crippen MR) is 116 cm³/mol. The SMILES string of the molecule is CCOC(=O)CNC(=O)OC1CC[C@H]2[C@H]3Cc4ccc(OC(C)=O)c5c4[C@@]2(CCN3C)C1O5. The zero-order valence-electron chi connectivity index (χ0n) is 19.2. The third-order valence-electron chi connectivity index (χ3n) is 7.72. The van der Waals surface area contributed by atoms with Crippen LogP contribution < -0.4 is 14.8 Å². The number of likely N-dealkylation sites (N-methyl/N-ethyl adjacent to an activating group) is 1. The first-order valence-corrected chi connectivity index (χ1v) is 11.7. The van der Waals surface area contributed by atoms with Crippen molar-refractivity contribution in [2.45, 2.75) is 63.2 Å². The van der Waals surface area contributed by atoms with Crippen molar-refractivity contribution in [3.05, 3.63) is 23.3 Å². The summed E-state index contributed by atoms with van der Waals surface area (Å²) in [6.45, 7) is 4.01. The minimum atomic E-state index is -0.664. The molecule has 9 heteroatoms. The number of alkyl carbamates (subject to hydrolysis) is 1. The van der Waals surface area contributed by atoms with E-state index < -0.39 is 24.1 Å². The fraction of sp³-hybridized carbons (Fsp3) is 0.625. The van der Waals surface area contributed by atoms with E-state index in [0.717, 1.165) is 31.4 Å². The normalized spacial score (nSPS) is 31.1. The number of hydrogen-bond donors (Lipinski definition) is 1. The zero-order valence-corrected chi connectivity index (χ0v) is 19.2. The average Bonchev–Trinajstić information content (AvgIpc) is 3.12. The van der Waals surface area contributed by atoms with E-state index in [1.165, 1.54) is 12.5 Å². The third-order valence-corrected chi connectivity index (χ3v) is 7.72. The molecule has 1 aromatic carbocycles. The number of nitrogens with one attached hydrogen (secondary N) is 1. The number of carbonyl (C=O) groups excluding carboxylic acids is 3. The fourth-order valence-electron chi connectivity index (χ4n) is 6.57. The number of likely N-dealkylation sites (tertiary alicyclic amines) is 1. The van der Waals surface area contributed by atoms with Crippen LogP contribution in [0.1, 0.15) is 44.2 Å². The first-order valence-electron chi connectivity index (χ1n) is 11.7. The Balaban J connectivity index is 1.46. The summed E-state index contributed by atoms with van der Waals surface area (Å²) in [7, 11) is 2.17. The van der Waals surface area contributed by atoms with Gasteiger partial charge < -0.3 is 29.2 Å². The van der Waals surface area contributed by atoms with Gasteiger partial charge in [-0.15, -0.1) is 0 Å². The van der Waals surface area contributed by atoms with Crippen LogP contribution in [-0.4, -0.2) is 67.9 Å². The Hall–Kier alpha value is -2.81. The van der Waals surface area contributed by atoms with Crippen LogP contribution in [0.3, 0.4) is 0 Å². The molecule has 1 saturated heterocycles. The van der Waals surface area contributed by atoms with Gasteiger partial charge in [0.05, 0.1) is 6.61 Å². The number of carbonyl (C=O) groups is 3. The lowest BCUT2D eigenvalue weighted by atomic mass is 9.51. The molecule has 0 radical (unpaired) electrons. The van der Waals surface area contributed by atoms with E-state index in [-0.39, 0.29) is 24.7 Å². The van der Waals surface area contributed by atoms with Crippen LogP contribution in [0.15, 0.2) is 12.1 Å². The molecule has 2 heterocycles. The van der Waals surface area contributed by atoms with Crippen molar-refractivity contribution in [3.8, 4) is 11.5 Å². The zero-order chi connectivity index (χ0) is 23.3. The van der Waals surface area contributed by atoms with Gasteiger partial charge in [0.2, 0.25) is 0 Å². The molecule has 2 fully saturated rings. The molecule has 1 amide bonds. The molecule has 4 aliphatic rings. The van der Waals surface area contributed by atoms with E-state index in [4.69, 9.17) is 18.9 Å². The number of ether oxygens (including phenoxy) is 4. The van der Waals surface area contributed by atoms with Gasteiger partial charge in [-0.25, -0.2) is 4.79 Å². The summed E-state index contributed by atoms with van der Waals surface area (Å²) in [6, 6.07) is 4.24. The van der Waals surface area contributed by atoms with Gasteiger partial charge in [-0.05, 0) is 63.7 Å². The Morgan fingerprint density at radius 2 is 2.09 bits per heavy atom. The van der Waals surface area contributed by atoms with Crippen molar-refractivity contribution < 1.29 is 33.3 Å². The van der Waals surface area contributed by atoms with Crippen LogP contribution in [-0.2, 0) is 30.9 Å². The first kappa shape index (κ1) is 22.0. The Morgan fingerprint density at radius 3 is 2.85 bits per heavy atom. The highest BCUT2D eigenvalue weighted by molar-refractivity contribution is 5.78.